The van der Waals surface area contributed by atoms with E-state index >= 15 is 0 Å². The van der Waals surface area contributed by atoms with E-state index in [0.717, 1.165) is 11.6 Å². The summed E-state index contributed by atoms with van der Waals surface area (Å²) in [4.78, 5) is 41.2. The van der Waals surface area contributed by atoms with Crippen molar-refractivity contribution in [2.24, 2.45) is 5.92 Å². The van der Waals surface area contributed by atoms with Crippen LogP contribution in [0.5, 0.6) is 0 Å². The van der Waals surface area contributed by atoms with E-state index < -0.39 is 33.9 Å². The van der Waals surface area contributed by atoms with Crippen molar-refractivity contribution in [3.8, 4) is 0 Å². The number of nitro benzene ring substituents is 1. The predicted molar refractivity (Wildman–Crippen MR) is 104 cm³/mol. The first kappa shape index (κ1) is 20.2. The molecule has 1 aromatic heterocycles. The fourth-order valence-corrected chi connectivity index (χ4v) is 3.31. The summed E-state index contributed by atoms with van der Waals surface area (Å²) in [5, 5.41) is 13.8. The fraction of sp³-hybridized carbons (Fsp3) is 0.316. The molecule has 0 radical (unpaired) electrons. The molecule has 152 valence electrons. The summed E-state index contributed by atoms with van der Waals surface area (Å²) in [6, 6.07) is 5.13. The maximum Gasteiger partial charge on any atom is 0.295 e. The topological polar surface area (TPSA) is 131 Å². The minimum atomic E-state index is -0.925. The number of pyridine rings is 1. The Bertz CT molecular complexity index is 981. The van der Waals surface area contributed by atoms with Gasteiger partial charge in [-0.1, -0.05) is 6.07 Å². The third kappa shape index (κ3) is 4.31. The standard InChI is InChI=1S/C19H20FN5O4/c1-11-4-2-6-22-17(11)23-18(26)12-5-3-7-24(10-12)19(27)14-8-13(20)9-15(16(14)21)25(28)29/h2,4,6,8-9,12H,3,5,7,10,21H2,1H3,(H,22,23,26). The molecule has 1 aromatic carbocycles. The fourth-order valence-electron chi connectivity index (χ4n) is 3.31. The maximum absolute atomic E-state index is 13.8. The number of hydrogen-bond acceptors (Lipinski definition) is 6. The first-order valence-corrected chi connectivity index (χ1v) is 9.03. The highest BCUT2D eigenvalue weighted by atomic mass is 19.1. The Hall–Kier alpha value is -3.56. The Labute approximate surface area is 165 Å². The van der Waals surface area contributed by atoms with E-state index in [0.29, 0.717) is 31.3 Å². The number of piperidine rings is 1. The lowest BCUT2D eigenvalue weighted by atomic mass is 9.96. The number of carbonyl (C=O) groups is 2. The SMILES string of the molecule is Cc1cccnc1NC(=O)C1CCCN(C(=O)c2cc(F)cc([N+](=O)[O-])c2N)C1. The Kier molecular flexibility index (Phi) is 5.71. The molecule has 2 heterocycles. The van der Waals surface area contributed by atoms with E-state index in [1.165, 1.54) is 4.90 Å². The second-order valence-corrected chi connectivity index (χ2v) is 6.89. The largest absolute Gasteiger partial charge is 0.393 e. The molecule has 3 N–H and O–H groups in total. The maximum atomic E-state index is 13.8. The van der Waals surface area contributed by atoms with Gasteiger partial charge in [-0.15, -0.1) is 0 Å². The van der Waals surface area contributed by atoms with Crippen molar-refractivity contribution in [1.82, 2.24) is 9.88 Å². The number of nitro groups is 1. The van der Waals surface area contributed by atoms with Crippen LogP contribution in [0.3, 0.4) is 0 Å². The molecule has 1 aliphatic heterocycles. The van der Waals surface area contributed by atoms with E-state index in [2.05, 4.69) is 10.3 Å². The number of nitrogens with one attached hydrogen (secondary N) is 1. The molecule has 29 heavy (non-hydrogen) atoms. The third-order valence-electron chi connectivity index (χ3n) is 4.88. The zero-order valence-corrected chi connectivity index (χ0v) is 15.7. The lowest BCUT2D eigenvalue weighted by molar-refractivity contribution is -0.384. The number of nitrogens with two attached hydrogens (primary N) is 1. The van der Waals surface area contributed by atoms with Crippen LogP contribution in [-0.4, -0.2) is 39.7 Å². The minimum Gasteiger partial charge on any atom is -0.393 e. The number of nitrogen functional groups attached to an aromatic ring is 1. The van der Waals surface area contributed by atoms with Crippen LogP contribution < -0.4 is 11.1 Å². The number of benzene rings is 1. The van der Waals surface area contributed by atoms with Crippen molar-refractivity contribution in [3.05, 3.63) is 57.5 Å². The van der Waals surface area contributed by atoms with Crippen molar-refractivity contribution in [2.75, 3.05) is 24.1 Å². The van der Waals surface area contributed by atoms with Crippen LogP contribution in [-0.2, 0) is 4.79 Å². The highest BCUT2D eigenvalue weighted by Gasteiger charge is 2.31. The van der Waals surface area contributed by atoms with Gasteiger partial charge < -0.3 is 16.0 Å². The van der Waals surface area contributed by atoms with E-state index in [4.69, 9.17) is 5.73 Å². The normalized spacial score (nSPS) is 16.3. The molecule has 2 aromatic rings. The van der Waals surface area contributed by atoms with Crippen LogP contribution >= 0.6 is 0 Å². The molecule has 10 heteroatoms. The second kappa shape index (κ2) is 8.21. The summed E-state index contributed by atoms with van der Waals surface area (Å²) in [7, 11) is 0. The molecule has 3 rings (SSSR count). The van der Waals surface area contributed by atoms with E-state index in [-0.39, 0.29) is 18.0 Å². The molecule has 1 saturated heterocycles. The third-order valence-corrected chi connectivity index (χ3v) is 4.88. The Morgan fingerprint density at radius 3 is 2.86 bits per heavy atom. The summed E-state index contributed by atoms with van der Waals surface area (Å²) in [6.07, 6.45) is 2.70. The summed E-state index contributed by atoms with van der Waals surface area (Å²) >= 11 is 0. The van der Waals surface area contributed by atoms with Gasteiger partial charge >= 0.3 is 0 Å². The Morgan fingerprint density at radius 1 is 1.41 bits per heavy atom. The van der Waals surface area contributed by atoms with Gasteiger partial charge in [-0.3, -0.25) is 19.7 Å². The monoisotopic (exact) mass is 401 g/mol. The molecule has 9 nitrogen and oxygen atoms in total. The van der Waals surface area contributed by atoms with Crippen molar-refractivity contribution in [1.29, 1.82) is 0 Å². The number of amides is 2. The quantitative estimate of drug-likeness (QED) is 0.460. The lowest BCUT2D eigenvalue weighted by Crippen LogP contribution is -2.44. The average Bonchev–Trinajstić information content (AvgIpc) is 2.70. The van der Waals surface area contributed by atoms with Gasteiger partial charge in [0.15, 0.2) is 0 Å². The van der Waals surface area contributed by atoms with Crippen molar-refractivity contribution < 1.29 is 18.9 Å². The number of rotatable bonds is 4. The number of anilines is 2. The number of aromatic nitrogens is 1. The first-order chi connectivity index (χ1) is 13.8. The van der Waals surface area contributed by atoms with E-state index in [9.17, 15) is 24.1 Å². The molecule has 0 bridgehead atoms. The van der Waals surface area contributed by atoms with Crippen LogP contribution in [0.25, 0.3) is 0 Å². The van der Waals surface area contributed by atoms with Gasteiger partial charge in [0, 0.05) is 19.3 Å². The van der Waals surface area contributed by atoms with Gasteiger partial charge in [-0.25, -0.2) is 9.37 Å². The molecular formula is C19H20FN5O4. The molecule has 0 spiro atoms. The number of halogens is 1. The summed E-state index contributed by atoms with van der Waals surface area (Å²) in [6.45, 7) is 2.26. The van der Waals surface area contributed by atoms with Gasteiger partial charge in [0.05, 0.1) is 22.5 Å². The van der Waals surface area contributed by atoms with E-state index in [1.807, 2.05) is 13.0 Å². The van der Waals surface area contributed by atoms with Crippen molar-refractivity contribution in [2.45, 2.75) is 19.8 Å². The molecule has 2 amide bonds. The van der Waals surface area contributed by atoms with Gasteiger partial charge in [0.1, 0.15) is 17.3 Å². The highest BCUT2D eigenvalue weighted by Crippen LogP contribution is 2.29. The smallest absolute Gasteiger partial charge is 0.295 e. The Morgan fingerprint density at radius 2 is 2.17 bits per heavy atom. The average molecular weight is 401 g/mol. The first-order valence-electron chi connectivity index (χ1n) is 9.03. The van der Waals surface area contributed by atoms with Crippen LogP contribution in [0.4, 0.5) is 21.6 Å². The summed E-state index contributed by atoms with van der Waals surface area (Å²) in [5.41, 5.74) is 5.21. The number of aryl methyl sites for hydroxylation is 1. The van der Waals surface area contributed by atoms with Crippen molar-refractivity contribution >= 4 is 29.0 Å². The minimum absolute atomic E-state index is 0.0975. The van der Waals surface area contributed by atoms with Crippen molar-refractivity contribution in [3.63, 3.8) is 0 Å². The number of carbonyl (C=O) groups excluding carboxylic acids is 2. The summed E-state index contributed by atoms with van der Waals surface area (Å²) in [5.74, 6) is -1.88. The lowest BCUT2D eigenvalue weighted by Gasteiger charge is -2.32. The molecule has 1 fully saturated rings. The molecule has 1 unspecified atom stereocenters. The second-order valence-electron chi connectivity index (χ2n) is 6.89. The van der Waals surface area contributed by atoms with Crippen LogP contribution in [0, 0.1) is 28.8 Å². The van der Waals surface area contributed by atoms with Gasteiger partial charge in [0.2, 0.25) is 5.91 Å². The predicted octanol–water partition coefficient (Wildman–Crippen LogP) is 2.51. The van der Waals surface area contributed by atoms with E-state index in [1.54, 1.807) is 12.3 Å². The van der Waals surface area contributed by atoms with Gasteiger partial charge in [0.25, 0.3) is 11.6 Å². The van der Waals surface area contributed by atoms with Crippen LogP contribution in [0.15, 0.2) is 30.5 Å². The zero-order valence-electron chi connectivity index (χ0n) is 15.7. The number of hydrogen-bond donors (Lipinski definition) is 2. The highest BCUT2D eigenvalue weighted by molar-refractivity contribution is 6.01. The molecule has 1 aliphatic rings. The Balaban J connectivity index is 1.77. The molecule has 0 saturated carbocycles. The number of likely N-dealkylation sites (tertiary alicyclic amines) is 1. The molecule has 1 atom stereocenters. The van der Waals surface area contributed by atoms with Gasteiger partial charge in [-0.2, -0.15) is 0 Å². The molecule has 0 aliphatic carbocycles. The zero-order chi connectivity index (χ0) is 21.1. The number of nitrogens with zero attached hydrogens (tertiary/aromatic N) is 3. The van der Waals surface area contributed by atoms with Crippen LogP contribution in [0.1, 0.15) is 28.8 Å². The summed E-state index contributed by atoms with van der Waals surface area (Å²) < 4.78 is 13.8. The van der Waals surface area contributed by atoms with Gasteiger partial charge in [-0.05, 0) is 37.5 Å². The molecular weight excluding hydrogens is 381 g/mol. The van der Waals surface area contributed by atoms with Crippen LogP contribution in [0.2, 0.25) is 0 Å².